The Morgan fingerprint density at radius 3 is 2.76 bits per heavy atom. The van der Waals surface area contributed by atoms with E-state index >= 15 is 0 Å². The van der Waals surface area contributed by atoms with Gasteiger partial charge in [-0.25, -0.2) is 0 Å². The fraction of sp³-hybridized carbons (Fsp3) is 0.667. The van der Waals surface area contributed by atoms with Crippen LogP contribution in [0.5, 0.6) is 0 Å². The van der Waals surface area contributed by atoms with Crippen molar-refractivity contribution < 1.29 is 4.74 Å². The highest BCUT2D eigenvalue weighted by atomic mass is 32.2. The van der Waals surface area contributed by atoms with Gasteiger partial charge in [-0.3, -0.25) is 0 Å². The highest BCUT2D eigenvalue weighted by Crippen LogP contribution is 2.30. The predicted octanol–water partition coefficient (Wildman–Crippen LogP) is 4.32. The second-order valence-electron chi connectivity index (χ2n) is 5.40. The summed E-state index contributed by atoms with van der Waals surface area (Å²) in [7, 11) is 2.20. The molecule has 3 heteroatoms. The quantitative estimate of drug-likeness (QED) is 0.776. The summed E-state index contributed by atoms with van der Waals surface area (Å²) in [6, 6.07) is 6.79. The number of ether oxygens (including phenoxy) is 1. The summed E-state index contributed by atoms with van der Waals surface area (Å²) in [5.74, 6) is 1.21. The average Bonchev–Trinajstić information content (AvgIpc) is 2.52. The van der Waals surface area contributed by atoms with Crippen molar-refractivity contribution >= 4 is 11.8 Å². The van der Waals surface area contributed by atoms with Gasteiger partial charge in [0.15, 0.2) is 0 Å². The Bertz CT molecular complexity index is 408. The maximum atomic E-state index is 5.97. The highest BCUT2D eigenvalue weighted by Gasteiger charge is 2.20. The smallest absolute Gasteiger partial charge is 0.0839 e. The molecule has 0 saturated carbocycles. The van der Waals surface area contributed by atoms with Gasteiger partial charge in [-0.15, -0.1) is 0 Å². The van der Waals surface area contributed by atoms with Gasteiger partial charge in [-0.1, -0.05) is 37.6 Å². The van der Waals surface area contributed by atoms with E-state index in [1.165, 1.54) is 22.4 Å². The van der Waals surface area contributed by atoms with Crippen molar-refractivity contribution in [2.75, 3.05) is 38.8 Å². The average molecular weight is 310 g/mol. The molecule has 2 nitrogen and oxygen atoms in total. The zero-order valence-electron chi connectivity index (χ0n) is 14.3. The van der Waals surface area contributed by atoms with Crippen molar-refractivity contribution in [3.8, 4) is 0 Å². The molecule has 1 aromatic carbocycles. The normalized spacial score (nSPS) is 17.1. The fourth-order valence-corrected chi connectivity index (χ4v) is 3.10. The number of hydrogen-bond acceptors (Lipinski definition) is 3. The van der Waals surface area contributed by atoms with Crippen LogP contribution < -0.4 is 0 Å². The lowest BCUT2D eigenvalue weighted by Gasteiger charge is -2.28. The third-order valence-electron chi connectivity index (χ3n) is 3.79. The molecule has 0 aliphatic carbocycles. The number of nitrogens with zero attached hydrogens (tertiary/aromatic N) is 1. The van der Waals surface area contributed by atoms with Gasteiger partial charge >= 0.3 is 0 Å². The highest BCUT2D eigenvalue weighted by molar-refractivity contribution is 7.98. The van der Waals surface area contributed by atoms with E-state index in [-0.39, 0.29) is 0 Å². The molecule has 0 N–H and O–H groups in total. The zero-order valence-corrected chi connectivity index (χ0v) is 15.1. The lowest BCUT2D eigenvalue weighted by atomic mass is 9.94. The van der Waals surface area contributed by atoms with E-state index in [2.05, 4.69) is 43.3 Å². The van der Waals surface area contributed by atoms with E-state index in [9.17, 15) is 0 Å². The molecule has 0 radical (unpaired) electrons. The van der Waals surface area contributed by atoms with Crippen molar-refractivity contribution in [2.24, 2.45) is 0 Å². The minimum absolute atomic E-state index is 0.293. The van der Waals surface area contributed by atoms with Gasteiger partial charge < -0.3 is 9.64 Å². The Morgan fingerprint density at radius 2 is 2.05 bits per heavy atom. The number of thioether (sulfide) groups is 1. The molecule has 21 heavy (non-hydrogen) atoms. The summed E-state index contributed by atoms with van der Waals surface area (Å²) in [4.78, 5) is 2.41. The van der Waals surface area contributed by atoms with Gasteiger partial charge in [0.1, 0.15) is 0 Å². The van der Waals surface area contributed by atoms with Crippen LogP contribution in [0.1, 0.15) is 43.1 Å². The Hall–Kier alpha value is -0.510. The molecule has 0 spiro atoms. The Morgan fingerprint density at radius 1 is 1.29 bits per heavy atom. The van der Waals surface area contributed by atoms with E-state index in [0.717, 1.165) is 32.5 Å². The van der Waals surface area contributed by atoms with Gasteiger partial charge in [0, 0.05) is 18.8 Å². The lowest BCUT2D eigenvalue weighted by Crippen LogP contribution is -2.26. The van der Waals surface area contributed by atoms with Crippen molar-refractivity contribution in [3.05, 3.63) is 34.9 Å². The molecule has 0 amide bonds. The molecule has 1 heterocycles. The first kappa shape index (κ1) is 18.5. The standard InChI is InChI=1S/C16H25NOS.C2H6/c1-13-4-5-15-14(12-13)7-10-18-16(15)6-8-17(2)9-11-19-3;1-2/h4-5,12,16H,6-11H2,1-3H3;1-2H3. The molecule has 120 valence electrons. The van der Waals surface area contributed by atoms with Crippen LogP contribution in [0.15, 0.2) is 18.2 Å². The molecule has 1 atom stereocenters. The summed E-state index contributed by atoms with van der Waals surface area (Å²) >= 11 is 1.91. The maximum Gasteiger partial charge on any atom is 0.0839 e. The third-order valence-corrected chi connectivity index (χ3v) is 4.38. The predicted molar refractivity (Wildman–Crippen MR) is 95.4 cm³/mol. The minimum atomic E-state index is 0.293. The van der Waals surface area contributed by atoms with Crippen LogP contribution in [0.2, 0.25) is 0 Å². The van der Waals surface area contributed by atoms with Crippen LogP contribution >= 0.6 is 11.8 Å². The topological polar surface area (TPSA) is 12.5 Å². The van der Waals surface area contributed by atoms with Crippen molar-refractivity contribution in [1.29, 1.82) is 0 Å². The van der Waals surface area contributed by atoms with E-state index < -0.39 is 0 Å². The van der Waals surface area contributed by atoms with Gasteiger partial charge in [0.25, 0.3) is 0 Å². The van der Waals surface area contributed by atoms with Gasteiger partial charge in [0.05, 0.1) is 12.7 Å². The van der Waals surface area contributed by atoms with Crippen LogP contribution in [0, 0.1) is 6.92 Å². The first-order valence-corrected chi connectivity index (χ1v) is 9.48. The summed E-state index contributed by atoms with van der Waals surface area (Å²) in [5, 5.41) is 0. The molecule has 0 fully saturated rings. The molecule has 0 bridgehead atoms. The summed E-state index contributed by atoms with van der Waals surface area (Å²) in [6.45, 7) is 9.31. The van der Waals surface area contributed by atoms with Crippen molar-refractivity contribution in [3.63, 3.8) is 0 Å². The van der Waals surface area contributed by atoms with Crippen LogP contribution in [-0.2, 0) is 11.2 Å². The van der Waals surface area contributed by atoms with Crippen LogP contribution in [0.4, 0.5) is 0 Å². The second-order valence-corrected chi connectivity index (χ2v) is 6.38. The SMILES string of the molecule is CC.CSCCN(C)CCC1OCCc2cc(C)ccc21. The van der Waals surface area contributed by atoms with Crippen molar-refractivity contribution in [2.45, 2.75) is 39.7 Å². The maximum absolute atomic E-state index is 5.97. The summed E-state index contributed by atoms with van der Waals surface area (Å²) in [6.07, 6.45) is 4.62. The Kier molecular flexibility index (Phi) is 9.05. The Labute approximate surface area is 135 Å². The Balaban J connectivity index is 0.00000106. The monoisotopic (exact) mass is 309 g/mol. The number of benzene rings is 1. The van der Waals surface area contributed by atoms with E-state index in [1.807, 2.05) is 25.6 Å². The van der Waals surface area contributed by atoms with Crippen molar-refractivity contribution in [1.82, 2.24) is 4.90 Å². The molecular weight excluding hydrogens is 278 g/mol. The van der Waals surface area contributed by atoms with Crippen LogP contribution in [0.25, 0.3) is 0 Å². The molecular formula is C18H31NOS. The lowest BCUT2D eigenvalue weighted by molar-refractivity contribution is 0.0312. The molecule has 1 aliphatic heterocycles. The minimum Gasteiger partial charge on any atom is -0.373 e. The molecule has 1 unspecified atom stereocenters. The second kappa shape index (κ2) is 10.3. The largest absolute Gasteiger partial charge is 0.373 e. The third kappa shape index (κ3) is 6.01. The first-order chi connectivity index (χ1) is 10.2. The number of rotatable bonds is 6. The van der Waals surface area contributed by atoms with E-state index in [1.54, 1.807) is 0 Å². The fourth-order valence-electron chi connectivity index (χ4n) is 2.60. The van der Waals surface area contributed by atoms with Crippen LogP contribution in [0.3, 0.4) is 0 Å². The summed E-state index contributed by atoms with van der Waals surface area (Å²) in [5.41, 5.74) is 4.26. The molecule has 2 rings (SSSR count). The zero-order chi connectivity index (χ0) is 15.7. The summed E-state index contributed by atoms with van der Waals surface area (Å²) < 4.78 is 5.97. The van der Waals surface area contributed by atoms with Gasteiger partial charge in [-0.05, 0) is 44.2 Å². The molecule has 1 aliphatic rings. The number of hydrogen-bond donors (Lipinski definition) is 0. The number of fused-ring (bicyclic) bond motifs is 1. The van der Waals surface area contributed by atoms with Crippen LogP contribution in [-0.4, -0.2) is 43.7 Å². The molecule has 1 aromatic rings. The first-order valence-electron chi connectivity index (χ1n) is 8.09. The van der Waals surface area contributed by atoms with E-state index in [0.29, 0.717) is 6.10 Å². The van der Waals surface area contributed by atoms with Gasteiger partial charge in [0.2, 0.25) is 0 Å². The molecule has 0 aromatic heterocycles. The van der Waals surface area contributed by atoms with E-state index in [4.69, 9.17) is 4.74 Å². The number of aryl methyl sites for hydroxylation is 1. The molecule has 0 saturated heterocycles. The van der Waals surface area contributed by atoms with Gasteiger partial charge in [-0.2, -0.15) is 11.8 Å².